The number of aliphatic hydroxyl groups excluding tert-OH is 1. The second-order valence-corrected chi connectivity index (χ2v) is 13.0. The Hall–Kier alpha value is -2.06. The molecule has 7 atom stereocenters. The van der Waals surface area contributed by atoms with Crippen LogP contribution >= 0.6 is 11.8 Å². The van der Waals surface area contributed by atoms with Crippen LogP contribution in [0.25, 0.3) is 0 Å². The molecule has 3 unspecified atom stereocenters. The van der Waals surface area contributed by atoms with Crippen molar-refractivity contribution in [3.8, 4) is 0 Å². The standard InChI is InChI=1S/C28H39N3O4S/c1-16(2)20(15-32)31-24(26(34)30-19-12-8-5-9-13-19)28-17(3)14-21(36-28)22(23(28)27(31)35)25(33)29-18-10-6-4-7-11-18/h4,6-7,10-11,16-17,19-24,32H,5,8-9,12-15H2,1-3H3,(H,29,33)(H,30,34)/t17?,20-,21+,22-,23-,24?,28?/m0/s1. The van der Waals surface area contributed by atoms with Gasteiger partial charge in [-0.15, -0.1) is 11.8 Å². The number of benzene rings is 1. The van der Waals surface area contributed by atoms with Crippen molar-refractivity contribution in [2.45, 2.75) is 87.4 Å². The van der Waals surface area contributed by atoms with Gasteiger partial charge < -0.3 is 20.6 Å². The SMILES string of the molecule is CC(C)[C@H](CO)N1C(=O)[C@@H]2[C@@H](C(=O)Nc3ccccc3)[C@H]3CC(C)C2(S3)C1C(=O)NC1CCCCC1. The number of carbonyl (C=O) groups excluding carboxylic acids is 3. The van der Waals surface area contributed by atoms with Gasteiger partial charge in [-0.3, -0.25) is 14.4 Å². The van der Waals surface area contributed by atoms with Crippen molar-refractivity contribution in [1.29, 1.82) is 0 Å². The Morgan fingerprint density at radius 3 is 2.47 bits per heavy atom. The zero-order valence-corrected chi connectivity index (χ0v) is 22.3. The van der Waals surface area contributed by atoms with Gasteiger partial charge in [0.15, 0.2) is 0 Å². The van der Waals surface area contributed by atoms with Crippen LogP contribution in [0.15, 0.2) is 30.3 Å². The highest BCUT2D eigenvalue weighted by atomic mass is 32.2. The molecule has 196 valence electrons. The van der Waals surface area contributed by atoms with Crippen LogP contribution in [-0.2, 0) is 14.4 Å². The summed E-state index contributed by atoms with van der Waals surface area (Å²) in [5.74, 6) is -1.39. The molecule has 8 heteroatoms. The number of rotatable bonds is 7. The van der Waals surface area contributed by atoms with E-state index in [0.29, 0.717) is 5.69 Å². The van der Waals surface area contributed by atoms with Gasteiger partial charge in [0.1, 0.15) is 6.04 Å². The van der Waals surface area contributed by atoms with Crippen LogP contribution < -0.4 is 10.6 Å². The van der Waals surface area contributed by atoms with Crippen molar-refractivity contribution in [1.82, 2.24) is 10.2 Å². The summed E-state index contributed by atoms with van der Waals surface area (Å²) in [5.41, 5.74) is 0.710. The number of anilines is 1. The van der Waals surface area contributed by atoms with E-state index in [-0.39, 0.29) is 47.5 Å². The molecule has 3 N–H and O–H groups in total. The van der Waals surface area contributed by atoms with Gasteiger partial charge in [-0.05, 0) is 43.2 Å². The largest absolute Gasteiger partial charge is 0.394 e. The summed E-state index contributed by atoms with van der Waals surface area (Å²) in [5, 5.41) is 16.7. The number of likely N-dealkylation sites (tertiary alicyclic amines) is 1. The fourth-order valence-electron chi connectivity index (χ4n) is 7.31. The third kappa shape index (κ3) is 4.05. The summed E-state index contributed by atoms with van der Waals surface area (Å²) in [6.45, 7) is 5.88. The number of nitrogens with zero attached hydrogens (tertiary/aromatic N) is 1. The maximum atomic E-state index is 14.2. The summed E-state index contributed by atoms with van der Waals surface area (Å²) in [4.78, 5) is 43.6. The normalized spacial score (nSPS) is 34.6. The molecule has 5 rings (SSSR count). The average molecular weight is 514 g/mol. The number of hydrogen-bond donors (Lipinski definition) is 3. The Kier molecular flexibility index (Phi) is 7.11. The summed E-state index contributed by atoms with van der Waals surface area (Å²) in [6, 6.07) is 8.31. The molecule has 3 amide bonds. The lowest BCUT2D eigenvalue weighted by Crippen LogP contribution is -2.60. The Bertz CT molecular complexity index is 998. The van der Waals surface area contributed by atoms with Gasteiger partial charge in [-0.2, -0.15) is 0 Å². The second-order valence-electron chi connectivity index (χ2n) is 11.5. The van der Waals surface area contributed by atoms with E-state index in [2.05, 4.69) is 17.6 Å². The van der Waals surface area contributed by atoms with Crippen molar-refractivity contribution >= 4 is 35.2 Å². The van der Waals surface area contributed by atoms with E-state index in [4.69, 9.17) is 0 Å². The monoisotopic (exact) mass is 513 g/mol. The fourth-order valence-corrected chi connectivity index (χ4v) is 9.72. The van der Waals surface area contributed by atoms with Crippen molar-refractivity contribution < 1.29 is 19.5 Å². The van der Waals surface area contributed by atoms with Crippen LogP contribution in [0.4, 0.5) is 5.69 Å². The van der Waals surface area contributed by atoms with Crippen LogP contribution in [0.1, 0.15) is 59.3 Å². The molecule has 1 aromatic carbocycles. The van der Waals surface area contributed by atoms with Crippen molar-refractivity contribution in [2.24, 2.45) is 23.7 Å². The lowest BCUT2D eigenvalue weighted by Gasteiger charge is -2.41. The highest BCUT2D eigenvalue weighted by Crippen LogP contribution is 2.69. The number of fused-ring (bicyclic) bond motifs is 1. The number of carbonyl (C=O) groups is 3. The third-order valence-corrected chi connectivity index (χ3v) is 11.1. The van der Waals surface area contributed by atoms with Gasteiger partial charge >= 0.3 is 0 Å². The van der Waals surface area contributed by atoms with Gasteiger partial charge in [0, 0.05) is 17.0 Å². The Morgan fingerprint density at radius 2 is 1.83 bits per heavy atom. The third-order valence-electron chi connectivity index (χ3n) is 9.04. The molecule has 1 saturated carbocycles. The zero-order chi connectivity index (χ0) is 25.6. The molecular weight excluding hydrogens is 474 g/mol. The summed E-state index contributed by atoms with van der Waals surface area (Å²) in [7, 11) is 0. The van der Waals surface area contributed by atoms with Gasteiger partial charge in [-0.1, -0.05) is 58.2 Å². The average Bonchev–Trinajstić information content (AvgIpc) is 3.45. The van der Waals surface area contributed by atoms with Gasteiger partial charge in [0.2, 0.25) is 17.7 Å². The molecule has 1 aliphatic carbocycles. The van der Waals surface area contributed by atoms with E-state index < -0.39 is 28.7 Å². The predicted octanol–water partition coefficient (Wildman–Crippen LogP) is 3.43. The molecular formula is C28H39N3O4S. The number of hydrogen-bond acceptors (Lipinski definition) is 5. The van der Waals surface area contributed by atoms with Crippen molar-refractivity contribution in [3.05, 3.63) is 30.3 Å². The Labute approximate surface area is 218 Å². The molecule has 0 radical (unpaired) electrons. The number of nitrogens with one attached hydrogen (secondary N) is 2. The topological polar surface area (TPSA) is 98.7 Å². The van der Waals surface area contributed by atoms with Crippen LogP contribution in [0.3, 0.4) is 0 Å². The number of aliphatic hydroxyl groups is 1. The molecule has 4 fully saturated rings. The maximum Gasteiger partial charge on any atom is 0.244 e. The lowest BCUT2D eigenvalue weighted by molar-refractivity contribution is -0.143. The highest BCUT2D eigenvalue weighted by Gasteiger charge is 2.76. The molecule has 4 aliphatic rings. The van der Waals surface area contributed by atoms with E-state index in [1.54, 1.807) is 16.7 Å². The van der Waals surface area contributed by atoms with Gasteiger partial charge in [0.05, 0.1) is 29.2 Å². The smallest absolute Gasteiger partial charge is 0.244 e. The lowest BCUT2D eigenvalue weighted by atomic mass is 9.65. The quantitative estimate of drug-likeness (QED) is 0.519. The summed E-state index contributed by atoms with van der Waals surface area (Å²) < 4.78 is -0.665. The molecule has 3 saturated heterocycles. The van der Waals surface area contributed by atoms with E-state index in [0.717, 1.165) is 32.1 Å². The number of para-hydroxylation sites is 1. The molecule has 3 aliphatic heterocycles. The maximum absolute atomic E-state index is 14.2. The van der Waals surface area contributed by atoms with E-state index in [9.17, 15) is 19.5 Å². The molecule has 36 heavy (non-hydrogen) atoms. The molecule has 0 aromatic heterocycles. The highest BCUT2D eigenvalue weighted by molar-refractivity contribution is 8.02. The first-order valence-electron chi connectivity index (χ1n) is 13.6. The molecule has 1 spiro atoms. The number of thioether (sulfide) groups is 1. The minimum Gasteiger partial charge on any atom is -0.394 e. The predicted molar refractivity (Wildman–Crippen MR) is 141 cm³/mol. The minimum absolute atomic E-state index is 0.00332. The Balaban J connectivity index is 1.51. The summed E-state index contributed by atoms with van der Waals surface area (Å²) in [6.07, 6.45) is 6.12. The summed E-state index contributed by atoms with van der Waals surface area (Å²) >= 11 is 1.68. The fraction of sp³-hybridized carbons (Fsp3) is 0.679. The molecule has 2 bridgehead atoms. The zero-order valence-electron chi connectivity index (χ0n) is 21.5. The van der Waals surface area contributed by atoms with E-state index in [1.807, 2.05) is 44.2 Å². The van der Waals surface area contributed by atoms with Crippen LogP contribution in [0.2, 0.25) is 0 Å². The van der Waals surface area contributed by atoms with Gasteiger partial charge in [0.25, 0.3) is 0 Å². The van der Waals surface area contributed by atoms with E-state index in [1.165, 1.54) is 6.42 Å². The molecule has 1 aromatic rings. The van der Waals surface area contributed by atoms with Crippen molar-refractivity contribution in [2.75, 3.05) is 11.9 Å². The second kappa shape index (κ2) is 10.0. The first-order valence-corrected chi connectivity index (χ1v) is 14.4. The van der Waals surface area contributed by atoms with Crippen molar-refractivity contribution in [3.63, 3.8) is 0 Å². The Morgan fingerprint density at radius 1 is 1.14 bits per heavy atom. The first-order chi connectivity index (χ1) is 17.3. The molecule has 7 nitrogen and oxygen atoms in total. The first kappa shape index (κ1) is 25.6. The minimum atomic E-state index is -0.684. The van der Waals surface area contributed by atoms with Crippen LogP contribution in [0.5, 0.6) is 0 Å². The van der Waals surface area contributed by atoms with Gasteiger partial charge in [-0.25, -0.2) is 0 Å². The van der Waals surface area contributed by atoms with Crippen LogP contribution in [0, 0.1) is 23.7 Å². The molecule has 3 heterocycles. The van der Waals surface area contributed by atoms with E-state index >= 15 is 0 Å². The number of amides is 3. The van der Waals surface area contributed by atoms with Crippen LogP contribution in [-0.4, -0.2) is 62.5 Å².